The molecule has 1 amide bonds. The number of hydrogen-bond donors (Lipinski definition) is 2. The normalized spacial score (nSPS) is 23.1. The summed E-state index contributed by atoms with van der Waals surface area (Å²) in [6.07, 6.45) is 1.68. The van der Waals surface area contributed by atoms with Gasteiger partial charge in [0, 0.05) is 24.9 Å². The second-order valence-electron chi connectivity index (χ2n) is 5.03. The van der Waals surface area contributed by atoms with Gasteiger partial charge >= 0.3 is 0 Å². The standard InChI is InChI=1S/C12H21N5OS2/c1-8-15-16-12(20-8)19-5-3-4-14-11(18)10-6-9(13)7-17(10)2/h9-10H,3-7,13H2,1-2H3,(H,14,18)/t9-,10-/m0/s1. The topological polar surface area (TPSA) is 84.1 Å². The van der Waals surface area contributed by atoms with Crippen molar-refractivity contribution in [2.24, 2.45) is 5.73 Å². The van der Waals surface area contributed by atoms with Gasteiger partial charge in [0.15, 0.2) is 4.34 Å². The van der Waals surface area contributed by atoms with Crippen molar-refractivity contribution in [2.75, 3.05) is 25.9 Å². The minimum atomic E-state index is -0.0662. The van der Waals surface area contributed by atoms with E-state index in [-0.39, 0.29) is 18.0 Å². The number of amides is 1. The minimum Gasteiger partial charge on any atom is -0.355 e. The molecule has 3 N–H and O–H groups in total. The first-order valence-electron chi connectivity index (χ1n) is 6.72. The minimum absolute atomic E-state index is 0.0662. The molecule has 6 nitrogen and oxygen atoms in total. The van der Waals surface area contributed by atoms with Crippen LogP contribution in [0, 0.1) is 6.92 Å². The van der Waals surface area contributed by atoms with E-state index in [2.05, 4.69) is 15.5 Å². The van der Waals surface area contributed by atoms with Crippen LogP contribution < -0.4 is 11.1 Å². The average molecular weight is 315 g/mol. The summed E-state index contributed by atoms with van der Waals surface area (Å²) >= 11 is 3.30. The molecule has 2 heterocycles. The van der Waals surface area contributed by atoms with Crippen LogP contribution in [0.25, 0.3) is 0 Å². The van der Waals surface area contributed by atoms with Crippen molar-refractivity contribution >= 4 is 29.0 Å². The lowest BCUT2D eigenvalue weighted by atomic mass is 10.1. The first kappa shape index (κ1) is 15.7. The van der Waals surface area contributed by atoms with Gasteiger partial charge in [0.2, 0.25) is 5.91 Å². The number of nitrogens with two attached hydrogens (primary N) is 1. The number of hydrogen-bond acceptors (Lipinski definition) is 7. The fourth-order valence-corrected chi connectivity index (χ4v) is 4.07. The van der Waals surface area contributed by atoms with Crippen molar-refractivity contribution < 1.29 is 4.79 Å². The highest BCUT2D eigenvalue weighted by Gasteiger charge is 2.32. The van der Waals surface area contributed by atoms with Gasteiger partial charge in [0.1, 0.15) is 5.01 Å². The zero-order chi connectivity index (χ0) is 14.5. The van der Waals surface area contributed by atoms with Crippen LogP contribution in [0.3, 0.4) is 0 Å². The summed E-state index contributed by atoms with van der Waals surface area (Å²) in [7, 11) is 1.95. The number of aryl methyl sites for hydroxylation is 1. The molecular weight excluding hydrogens is 294 g/mol. The Hall–Kier alpha value is -0.700. The largest absolute Gasteiger partial charge is 0.355 e. The first-order chi connectivity index (χ1) is 9.56. The van der Waals surface area contributed by atoms with E-state index in [1.54, 1.807) is 23.1 Å². The molecule has 1 fully saturated rings. The van der Waals surface area contributed by atoms with Gasteiger partial charge in [-0.25, -0.2) is 0 Å². The van der Waals surface area contributed by atoms with E-state index in [4.69, 9.17) is 5.73 Å². The van der Waals surface area contributed by atoms with Crippen LogP contribution in [-0.4, -0.2) is 59.0 Å². The molecule has 0 spiro atoms. The van der Waals surface area contributed by atoms with Crippen LogP contribution in [0.2, 0.25) is 0 Å². The monoisotopic (exact) mass is 315 g/mol. The molecule has 2 atom stereocenters. The summed E-state index contributed by atoms with van der Waals surface area (Å²) < 4.78 is 0.996. The van der Waals surface area contributed by atoms with Crippen molar-refractivity contribution in [1.82, 2.24) is 20.4 Å². The highest BCUT2D eigenvalue weighted by atomic mass is 32.2. The molecule has 8 heteroatoms. The fraction of sp³-hybridized carbons (Fsp3) is 0.750. The quantitative estimate of drug-likeness (QED) is 0.587. The van der Waals surface area contributed by atoms with Crippen LogP contribution in [0.1, 0.15) is 17.8 Å². The van der Waals surface area contributed by atoms with Crippen molar-refractivity contribution in [3.8, 4) is 0 Å². The van der Waals surface area contributed by atoms with E-state index in [0.29, 0.717) is 6.54 Å². The van der Waals surface area contributed by atoms with Crippen LogP contribution >= 0.6 is 23.1 Å². The molecule has 1 aliphatic rings. The third-order valence-electron chi connectivity index (χ3n) is 3.24. The maximum Gasteiger partial charge on any atom is 0.237 e. The third kappa shape index (κ3) is 4.41. The Morgan fingerprint density at radius 1 is 1.60 bits per heavy atom. The van der Waals surface area contributed by atoms with Gasteiger partial charge in [0.25, 0.3) is 0 Å². The molecule has 1 aliphatic heterocycles. The highest BCUT2D eigenvalue weighted by molar-refractivity contribution is 8.01. The number of nitrogens with zero attached hydrogens (tertiary/aromatic N) is 3. The maximum atomic E-state index is 12.0. The zero-order valence-electron chi connectivity index (χ0n) is 11.8. The number of likely N-dealkylation sites (tertiary alicyclic amines) is 1. The Morgan fingerprint density at radius 2 is 2.40 bits per heavy atom. The number of carbonyl (C=O) groups excluding carboxylic acids is 1. The molecule has 1 aromatic heterocycles. The molecule has 0 unspecified atom stereocenters. The number of nitrogens with one attached hydrogen (secondary N) is 1. The predicted molar refractivity (Wildman–Crippen MR) is 82.0 cm³/mol. The molecule has 0 saturated carbocycles. The lowest BCUT2D eigenvalue weighted by Crippen LogP contribution is -2.41. The predicted octanol–water partition coefficient (Wildman–Crippen LogP) is 0.476. The fourth-order valence-electron chi connectivity index (χ4n) is 2.24. The van der Waals surface area contributed by atoms with E-state index >= 15 is 0 Å². The summed E-state index contributed by atoms with van der Waals surface area (Å²) in [6, 6.07) is 0.0513. The van der Waals surface area contributed by atoms with Gasteiger partial charge in [0.05, 0.1) is 6.04 Å². The molecule has 1 saturated heterocycles. The van der Waals surface area contributed by atoms with Gasteiger partial charge in [-0.1, -0.05) is 23.1 Å². The number of aromatic nitrogens is 2. The zero-order valence-corrected chi connectivity index (χ0v) is 13.5. The second kappa shape index (κ2) is 7.35. The number of rotatable bonds is 6. The van der Waals surface area contributed by atoms with Crippen molar-refractivity contribution in [1.29, 1.82) is 0 Å². The number of likely N-dealkylation sites (N-methyl/N-ethyl adjacent to an activating group) is 1. The molecule has 2 rings (SSSR count). The summed E-state index contributed by atoms with van der Waals surface area (Å²) in [5, 5.41) is 12.0. The smallest absolute Gasteiger partial charge is 0.237 e. The molecule has 0 radical (unpaired) electrons. The van der Waals surface area contributed by atoms with Gasteiger partial charge in [-0.15, -0.1) is 10.2 Å². The Balaban J connectivity index is 1.60. The molecule has 1 aromatic rings. The SMILES string of the molecule is Cc1nnc(SCCCNC(=O)[C@@H]2C[C@H](N)CN2C)s1. The Bertz CT molecular complexity index is 453. The van der Waals surface area contributed by atoms with Crippen molar-refractivity contribution in [3.63, 3.8) is 0 Å². The van der Waals surface area contributed by atoms with Crippen LogP contribution in [-0.2, 0) is 4.79 Å². The first-order valence-corrected chi connectivity index (χ1v) is 8.53. The van der Waals surface area contributed by atoms with E-state index < -0.39 is 0 Å². The number of thioether (sulfide) groups is 1. The molecule has 112 valence electrons. The maximum absolute atomic E-state index is 12.0. The van der Waals surface area contributed by atoms with Gasteiger partial charge in [-0.05, 0) is 26.8 Å². The van der Waals surface area contributed by atoms with Crippen molar-refractivity contribution in [2.45, 2.75) is 36.2 Å². The average Bonchev–Trinajstić information content (AvgIpc) is 2.94. The highest BCUT2D eigenvalue weighted by Crippen LogP contribution is 2.22. The number of carbonyl (C=O) groups is 1. The van der Waals surface area contributed by atoms with Crippen LogP contribution in [0.4, 0.5) is 0 Å². The Labute approximate surface area is 127 Å². The van der Waals surface area contributed by atoms with Gasteiger partial charge in [-0.2, -0.15) is 0 Å². The summed E-state index contributed by atoms with van der Waals surface area (Å²) in [4.78, 5) is 14.0. The van der Waals surface area contributed by atoms with Gasteiger partial charge < -0.3 is 11.1 Å². The molecule has 0 bridgehead atoms. The molecule has 0 aliphatic carbocycles. The lowest BCUT2D eigenvalue weighted by molar-refractivity contribution is -0.125. The Morgan fingerprint density at radius 3 is 3.00 bits per heavy atom. The van der Waals surface area contributed by atoms with E-state index in [0.717, 1.165) is 34.5 Å². The molecular formula is C12H21N5OS2. The second-order valence-corrected chi connectivity index (χ2v) is 7.55. The van der Waals surface area contributed by atoms with Crippen LogP contribution in [0.5, 0.6) is 0 Å². The van der Waals surface area contributed by atoms with Crippen LogP contribution in [0.15, 0.2) is 4.34 Å². The van der Waals surface area contributed by atoms with Gasteiger partial charge in [-0.3, -0.25) is 9.69 Å². The van der Waals surface area contributed by atoms with E-state index in [1.807, 2.05) is 18.9 Å². The van der Waals surface area contributed by atoms with Crippen molar-refractivity contribution in [3.05, 3.63) is 5.01 Å². The molecule has 0 aromatic carbocycles. The summed E-state index contributed by atoms with van der Waals surface area (Å²) in [6.45, 7) is 3.44. The summed E-state index contributed by atoms with van der Waals surface area (Å²) in [5.74, 6) is 1.03. The van der Waals surface area contributed by atoms with E-state index in [9.17, 15) is 4.79 Å². The third-order valence-corrected chi connectivity index (χ3v) is 5.29. The summed E-state index contributed by atoms with van der Waals surface area (Å²) in [5.41, 5.74) is 5.86. The lowest BCUT2D eigenvalue weighted by Gasteiger charge is -2.18. The van der Waals surface area contributed by atoms with E-state index in [1.165, 1.54) is 0 Å². The Kier molecular flexibility index (Phi) is 5.76. The molecule has 20 heavy (non-hydrogen) atoms.